The molecule has 5 aromatic rings. The second-order valence-corrected chi connectivity index (χ2v) is 15.6. The maximum absolute atomic E-state index is 13.3. The van der Waals surface area contributed by atoms with E-state index in [1.165, 1.54) is 16.7 Å². The van der Waals surface area contributed by atoms with Crippen LogP contribution in [0.5, 0.6) is 0 Å². The zero-order chi connectivity index (χ0) is 40.0. The molecule has 0 saturated carbocycles. The van der Waals surface area contributed by atoms with Gasteiger partial charge in [-0.25, -0.2) is 0 Å². The van der Waals surface area contributed by atoms with Crippen LogP contribution in [0.1, 0.15) is 85.6 Å². The number of ether oxygens (including phenoxy) is 4. The van der Waals surface area contributed by atoms with Crippen LogP contribution in [0.3, 0.4) is 0 Å². The zero-order valence-corrected chi connectivity index (χ0v) is 33.1. The quantitative estimate of drug-likeness (QED) is 0.0695. The Morgan fingerprint density at radius 1 is 0.500 bits per heavy atom. The van der Waals surface area contributed by atoms with Gasteiger partial charge in [-0.15, -0.1) is 0 Å². The van der Waals surface area contributed by atoms with E-state index in [9.17, 15) is 13.2 Å². The number of alkyl halides is 3. The molecule has 2 heterocycles. The second kappa shape index (κ2) is 20.4. The largest absolute Gasteiger partial charge is 0.391 e. The third-order valence-corrected chi connectivity index (χ3v) is 11.7. The highest BCUT2D eigenvalue weighted by atomic mass is 19.4. The fourth-order valence-corrected chi connectivity index (χ4v) is 8.90. The van der Waals surface area contributed by atoms with Crippen LogP contribution in [0.4, 0.5) is 13.2 Å². The van der Waals surface area contributed by atoms with Crippen LogP contribution >= 0.6 is 0 Å². The SMILES string of the molecule is FC(F)(F)C[C@@H]1CC[C@H](OCc2ccccc2)[C@@H](CC/C=C\CC[C@H]2O[C@@H](C(c3ccccc3)(c3ccccc3)c3ccccc3)CC[C@H]2OCc2ccccc2)O1. The lowest BCUT2D eigenvalue weighted by Gasteiger charge is -2.47. The summed E-state index contributed by atoms with van der Waals surface area (Å²) >= 11 is 0. The van der Waals surface area contributed by atoms with Gasteiger partial charge in [-0.3, -0.25) is 0 Å². The summed E-state index contributed by atoms with van der Waals surface area (Å²) in [6.07, 6.45) is 2.53. The third-order valence-electron chi connectivity index (χ3n) is 11.7. The van der Waals surface area contributed by atoms with Gasteiger partial charge in [0.25, 0.3) is 0 Å². The van der Waals surface area contributed by atoms with Crippen molar-refractivity contribution in [2.75, 3.05) is 0 Å². The molecule has 0 aliphatic carbocycles. The van der Waals surface area contributed by atoms with Crippen LogP contribution in [-0.2, 0) is 37.6 Å². The van der Waals surface area contributed by atoms with E-state index in [2.05, 4.69) is 115 Å². The van der Waals surface area contributed by atoms with E-state index in [1.807, 2.05) is 48.5 Å². The molecular formula is C51H55F3O4. The number of halogens is 3. The predicted molar refractivity (Wildman–Crippen MR) is 223 cm³/mol. The van der Waals surface area contributed by atoms with E-state index in [4.69, 9.17) is 18.9 Å². The van der Waals surface area contributed by atoms with Gasteiger partial charge in [-0.2, -0.15) is 13.2 Å². The Morgan fingerprint density at radius 3 is 1.33 bits per heavy atom. The lowest BCUT2D eigenvalue weighted by Crippen LogP contribution is -2.51. The van der Waals surface area contributed by atoms with E-state index in [0.717, 1.165) is 36.8 Å². The smallest absolute Gasteiger partial charge is 0.372 e. The van der Waals surface area contributed by atoms with Crippen LogP contribution in [0.2, 0.25) is 0 Å². The van der Waals surface area contributed by atoms with Crippen molar-refractivity contribution in [3.8, 4) is 0 Å². The van der Waals surface area contributed by atoms with E-state index >= 15 is 0 Å². The molecule has 2 fully saturated rings. The highest BCUT2D eigenvalue weighted by molar-refractivity contribution is 5.52. The van der Waals surface area contributed by atoms with E-state index in [-0.39, 0.29) is 24.4 Å². The second-order valence-electron chi connectivity index (χ2n) is 15.6. The van der Waals surface area contributed by atoms with Crippen LogP contribution in [-0.4, -0.2) is 42.8 Å². The van der Waals surface area contributed by atoms with Gasteiger partial charge in [0.1, 0.15) is 0 Å². The highest BCUT2D eigenvalue weighted by Crippen LogP contribution is 2.47. The molecule has 0 spiro atoms. The first-order valence-electron chi connectivity index (χ1n) is 20.9. The number of hydrogen-bond acceptors (Lipinski definition) is 4. The Hall–Kier alpha value is -4.53. The monoisotopic (exact) mass is 788 g/mol. The van der Waals surface area contributed by atoms with Crippen molar-refractivity contribution < 1.29 is 32.1 Å². The summed E-state index contributed by atoms with van der Waals surface area (Å²) in [7, 11) is 0. The van der Waals surface area contributed by atoms with Gasteiger partial charge < -0.3 is 18.9 Å². The van der Waals surface area contributed by atoms with Crippen molar-refractivity contribution in [2.45, 2.75) is 119 Å². The van der Waals surface area contributed by atoms with Gasteiger partial charge >= 0.3 is 6.18 Å². The molecule has 2 aliphatic heterocycles. The number of hydrogen-bond donors (Lipinski definition) is 0. The van der Waals surface area contributed by atoms with Crippen molar-refractivity contribution in [1.29, 1.82) is 0 Å². The number of rotatable bonds is 17. The van der Waals surface area contributed by atoms with Crippen LogP contribution < -0.4 is 0 Å². The minimum atomic E-state index is -4.27. The Balaban J connectivity index is 1.07. The molecule has 0 N–H and O–H groups in total. The molecule has 0 unspecified atom stereocenters. The summed E-state index contributed by atoms with van der Waals surface area (Å²) in [4.78, 5) is 0. The molecule has 6 atom stereocenters. The van der Waals surface area contributed by atoms with Crippen molar-refractivity contribution in [2.24, 2.45) is 0 Å². The van der Waals surface area contributed by atoms with Gasteiger partial charge in [0, 0.05) is 0 Å². The molecule has 58 heavy (non-hydrogen) atoms. The van der Waals surface area contributed by atoms with Crippen LogP contribution in [0.25, 0.3) is 0 Å². The Labute approximate surface area is 342 Å². The Bertz CT molecular complexity index is 1840. The number of allylic oxidation sites excluding steroid dienone is 2. The molecule has 2 saturated heterocycles. The lowest BCUT2D eigenvalue weighted by molar-refractivity contribution is -0.198. The summed E-state index contributed by atoms with van der Waals surface area (Å²) in [6.45, 7) is 0.915. The van der Waals surface area contributed by atoms with Crippen molar-refractivity contribution in [3.63, 3.8) is 0 Å². The summed E-state index contributed by atoms with van der Waals surface area (Å²) in [6, 6.07) is 52.3. The highest BCUT2D eigenvalue weighted by Gasteiger charge is 2.48. The first kappa shape index (κ1) is 41.6. The van der Waals surface area contributed by atoms with Crippen molar-refractivity contribution in [1.82, 2.24) is 0 Å². The first-order chi connectivity index (χ1) is 28.4. The molecule has 2 aliphatic rings. The summed E-state index contributed by atoms with van der Waals surface area (Å²) in [5.41, 5.74) is 5.18. The van der Waals surface area contributed by atoms with Crippen molar-refractivity contribution >= 4 is 0 Å². The number of benzene rings is 5. The molecule has 5 aromatic carbocycles. The van der Waals surface area contributed by atoms with Gasteiger partial charge in [0.15, 0.2) is 0 Å². The minimum absolute atomic E-state index is 0.0893. The van der Waals surface area contributed by atoms with Gasteiger partial charge in [0.05, 0.1) is 61.7 Å². The Morgan fingerprint density at radius 2 is 0.897 bits per heavy atom. The van der Waals surface area contributed by atoms with Crippen LogP contribution in [0.15, 0.2) is 164 Å². The normalized spacial score (nSPS) is 22.9. The fourth-order valence-electron chi connectivity index (χ4n) is 8.90. The van der Waals surface area contributed by atoms with Crippen LogP contribution in [0, 0.1) is 0 Å². The third kappa shape index (κ3) is 10.9. The molecule has 0 amide bonds. The average Bonchev–Trinajstić information content (AvgIpc) is 3.26. The molecule has 4 nitrogen and oxygen atoms in total. The molecule has 0 aromatic heterocycles. The molecule has 7 heteroatoms. The van der Waals surface area contributed by atoms with Gasteiger partial charge in [0.2, 0.25) is 0 Å². The topological polar surface area (TPSA) is 36.9 Å². The van der Waals surface area contributed by atoms with Crippen molar-refractivity contribution in [3.05, 3.63) is 192 Å². The zero-order valence-electron chi connectivity index (χ0n) is 33.1. The standard InChI is InChI=1S/C51H55F3O4/c52-50(53,54)36-44-32-33-45(55-37-39-20-8-3-9-21-39)47(57-44)30-18-1-2-19-31-48-46(56-38-40-22-10-4-11-23-40)34-35-49(58-48)51(41-24-12-5-13-25-41,42-26-14-6-15-27-42)43-28-16-7-17-29-43/h1-17,20-29,44-49H,18-19,30-38H2/b2-1-/t44-,45-,46+,47+,48+,49+/m0/s1. The Kier molecular flexibility index (Phi) is 14.7. The maximum Gasteiger partial charge on any atom is 0.391 e. The molecule has 0 radical (unpaired) electrons. The maximum atomic E-state index is 13.3. The summed E-state index contributed by atoms with van der Waals surface area (Å²) in [5.74, 6) is 0. The first-order valence-corrected chi connectivity index (χ1v) is 20.9. The lowest BCUT2D eigenvalue weighted by atomic mass is 9.64. The molecule has 304 valence electrons. The molecule has 0 bridgehead atoms. The molecular weight excluding hydrogens is 734 g/mol. The average molecular weight is 789 g/mol. The van der Waals surface area contributed by atoms with E-state index in [1.54, 1.807) is 0 Å². The molecule has 7 rings (SSSR count). The summed E-state index contributed by atoms with van der Waals surface area (Å²) < 4.78 is 66.4. The predicted octanol–water partition coefficient (Wildman–Crippen LogP) is 12.4. The fraction of sp³-hybridized carbons (Fsp3) is 0.373. The summed E-state index contributed by atoms with van der Waals surface area (Å²) in [5, 5.41) is 0. The van der Waals surface area contributed by atoms with Gasteiger partial charge in [-0.1, -0.05) is 164 Å². The van der Waals surface area contributed by atoms with E-state index < -0.39 is 30.2 Å². The van der Waals surface area contributed by atoms with Gasteiger partial charge in [-0.05, 0) is 79.2 Å². The van der Waals surface area contributed by atoms with E-state index in [0.29, 0.717) is 38.9 Å². The minimum Gasteiger partial charge on any atom is -0.372 e.